The Kier molecular flexibility index (Phi) is 5.11. The van der Waals surface area contributed by atoms with Crippen LogP contribution in [0, 0.1) is 11.8 Å². The molecular formula is C14H28N2. The van der Waals surface area contributed by atoms with Crippen LogP contribution in [0.1, 0.15) is 51.9 Å². The molecule has 2 atom stereocenters. The molecule has 16 heavy (non-hydrogen) atoms. The molecule has 0 saturated carbocycles. The van der Waals surface area contributed by atoms with Crippen molar-refractivity contribution in [3.8, 4) is 0 Å². The van der Waals surface area contributed by atoms with E-state index in [-0.39, 0.29) is 0 Å². The number of hydrogen-bond donors (Lipinski definition) is 2. The molecule has 0 spiro atoms. The number of piperidine rings is 2. The Morgan fingerprint density at radius 1 is 0.938 bits per heavy atom. The van der Waals surface area contributed by atoms with E-state index in [0.717, 1.165) is 17.9 Å². The lowest BCUT2D eigenvalue weighted by atomic mass is 9.83. The van der Waals surface area contributed by atoms with Crippen molar-refractivity contribution < 1.29 is 0 Å². The molecule has 0 aliphatic carbocycles. The van der Waals surface area contributed by atoms with Crippen molar-refractivity contribution in [2.24, 2.45) is 11.8 Å². The topological polar surface area (TPSA) is 24.1 Å². The molecule has 2 aliphatic rings. The van der Waals surface area contributed by atoms with E-state index in [2.05, 4.69) is 17.6 Å². The van der Waals surface area contributed by atoms with Crippen LogP contribution in [0.2, 0.25) is 0 Å². The molecule has 94 valence electrons. The van der Waals surface area contributed by atoms with Crippen molar-refractivity contribution in [3.63, 3.8) is 0 Å². The molecule has 2 saturated heterocycles. The third-order valence-electron chi connectivity index (χ3n) is 4.54. The highest BCUT2D eigenvalue weighted by atomic mass is 14.9. The van der Waals surface area contributed by atoms with E-state index in [0.29, 0.717) is 0 Å². The monoisotopic (exact) mass is 224 g/mol. The zero-order chi connectivity index (χ0) is 11.2. The van der Waals surface area contributed by atoms with E-state index in [1.165, 1.54) is 64.6 Å². The molecule has 2 N–H and O–H groups in total. The van der Waals surface area contributed by atoms with E-state index in [9.17, 15) is 0 Å². The van der Waals surface area contributed by atoms with Crippen LogP contribution in [0.4, 0.5) is 0 Å². The smallest absolute Gasteiger partial charge is 0.00670 e. The largest absolute Gasteiger partial charge is 0.317 e. The molecule has 2 heterocycles. The summed E-state index contributed by atoms with van der Waals surface area (Å²) in [7, 11) is 0. The van der Waals surface area contributed by atoms with Gasteiger partial charge in [0, 0.05) is 6.04 Å². The summed E-state index contributed by atoms with van der Waals surface area (Å²) >= 11 is 0. The first-order valence-corrected chi connectivity index (χ1v) is 7.32. The maximum Gasteiger partial charge on any atom is 0.00670 e. The maximum absolute atomic E-state index is 3.63. The van der Waals surface area contributed by atoms with Crippen LogP contribution >= 0.6 is 0 Å². The molecule has 0 aromatic rings. The van der Waals surface area contributed by atoms with Crippen molar-refractivity contribution >= 4 is 0 Å². The SMILES string of the molecule is CCC1CC(CCC2CCNCC2)CCN1. The third-order valence-corrected chi connectivity index (χ3v) is 4.54. The van der Waals surface area contributed by atoms with Crippen LogP contribution < -0.4 is 10.6 Å². The fourth-order valence-corrected chi connectivity index (χ4v) is 3.31. The fourth-order valence-electron chi connectivity index (χ4n) is 3.31. The van der Waals surface area contributed by atoms with Gasteiger partial charge in [0.2, 0.25) is 0 Å². The number of hydrogen-bond acceptors (Lipinski definition) is 2. The Morgan fingerprint density at radius 2 is 1.62 bits per heavy atom. The Morgan fingerprint density at radius 3 is 2.38 bits per heavy atom. The second-order valence-corrected chi connectivity index (χ2v) is 5.72. The van der Waals surface area contributed by atoms with Crippen LogP contribution in [0.25, 0.3) is 0 Å². The molecule has 0 amide bonds. The lowest BCUT2D eigenvalue weighted by Gasteiger charge is -2.31. The molecule has 2 heteroatoms. The minimum absolute atomic E-state index is 0.812. The quantitative estimate of drug-likeness (QED) is 0.767. The highest BCUT2D eigenvalue weighted by Gasteiger charge is 2.21. The lowest BCUT2D eigenvalue weighted by molar-refractivity contribution is 0.251. The van der Waals surface area contributed by atoms with Gasteiger partial charge in [0.25, 0.3) is 0 Å². The van der Waals surface area contributed by atoms with Gasteiger partial charge in [0.15, 0.2) is 0 Å². The van der Waals surface area contributed by atoms with Crippen molar-refractivity contribution in [1.29, 1.82) is 0 Å². The predicted octanol–water partition coefficient (Wildman–Crippen LogP) is 2.54. The van der Waals surface area contributed by atoms with Gasteiger partial charge in [0.05, 0.1) is 0 Å². The van der Waals surface area contributed by atoms with Gasteiger partial charge in [-0.05, 0) is 63.6 Å². The first-order valence-electron chi connectivity index (χ1n) is 7.32. The van der Waals surface area contributed by atoms with Crippen LogP contribution in [0.5, 0.6) is 0 Å². The molecule has 0 aromatic carbocycles. The highest BCUT2D eigenvalue weighted by molar-refractivity contribution is 4.78. The molecule has 2 fully saturated rings. The first-order chi connectivity index (χ1) is 7.88. The van der Waals surface area contributed by atoms with Crippen LogP contribution in [-0.2, 0) is 0 Å². The molecule has 2 aliphatic heterocycles. The van der Waals surface area contributed by atoms with Gasteiger partial charge >= 0.3 is 0 Å². The zero-order valence-corrected chi connectivity index (χ0v) is 10.8. The fraction of sp³-hybridized carbons (Fsp3) is 1.00. The van der Waals surface area contributed by atoms with Gasteiger partial charge in [-0.15, -0.1) is 0 Å². The van der Waals surface area contributed by atoms with Crippen molar-refractivity contribution in [2.75, 3.05) is 19.6 Å². The number of nitrogens with one attached hydrogen (secondary N) is 2. The third kappa shape index (κ3) is 3.74. The van der Waals surface area contributed by atoms with Crippen LogP contribution in [0.15, 0.2) is 0 Å². The zero-order valence-electron chi connectivity index (χ0n) is 10.8. The summed E-state index contributed by atoms with van der Waals surface area (Å²) in [6, 6.07) is 0.812. The minimum Gasteiger partial charge on any atom is -0.317 e. The summed E-state index contributed by atoms with van der Waals surface area (Å²) in [5.74, 6) is 2.04. The van der Waals surface area contributed by atoms with Crippen molar-refractivity contribution in [2.45, 2.75) is 57.9 Å². The average Bonchev–Trinajstić information content (AvgIpc) is 2.38. The Labute approximate surface area is 101 Å². The molecular weight excluding hydrogens is 196 g/mol. The molecule has 0 bridgehead atoms. The van der Waals surface area contributed by atoms with Crippen LogP contribution in [0.3, 0.4) is 0 Å². The van der Waals surface area contributed by atoms with Gasteiger partial charge in [-0.1, -0.05) is 19.8 Å². The van der Waals surface area contributed by atoms with E-state index in [4.69, 9.17) is 0 Å². The second-order valence-electron chi connectivity index (χ2n) is 5.72. The molecule has 2 rings (SSSR count). The second kappa shape index (κ2) is 6.61. The Balaban J connectivity index is 1.64. The summed E-state index contributed by atoms with van der Waals surface area (Å²) in [4.78, 5) is 0. The summed E-state index contributed by atoms with van der Waals surface area (Å²) < 4.78 is 0. The van der Waals surface area contributed by atoms with Gasteiger partial charge in [-0.25, -0.2) is 0 Å². The molecule has 2 nitrogen and oxygen atoms in total. The molecule has 2 unspecified atom stereocenters. The van der Waals surface area contributed by atoms with Crippen molar-refractivity contribution in [3.05, 3.63) is 0 Å². The Bertz CT molecular complexity index is 187. The lowest BCUT2D eigenvalue weighted by Crippen LogP contribution is -2.37. The molecule has 0 radical (unpaired) electrons. The van der Waals surface area contributed by atoms with E-state index >= 15 is 0 Å². The maximum atomic E-state index is 3.63. The summed E-state index contributed by atoms with van der Waals surface area (Å²) in [6.07, 6.45) is 9.97. The molecule has 0 aromatic heterocycles. The van der Waals surface area contributed by atoms with Crippen molar-refractivity contribution in [1.82, 2.24) is 10.6 Å². The summed E-state index contributed by atoms with van der Waals surface area (Å²) in [6.45, 7) is 6.09. The van der Waals surface area contributed by atoms with Crippen LogP contribution in [-0.4, -0.2) is 25.7 Å². The van der Waals surface area contributed by atoms with Gasteiger partial charge < -0.3 is 10.6 Å². The van der Waals surface area contributed by atoms with Gasteiger partial charge in [-0.2, -0.15) is 0 Å². The highest BCUT2D eigenvalue weighted by Crippen LogP contribution is 2.27. The van der Waals surface area contributed by atoms with E-state index < -0.39 is 0 Å². The summed E-state index contributed by atoms with van der Waals surface area (Å²) in [5.41, 5.74) is 0. The van der Waals surface area contributed by atoms with E-state index in [1.54, 1.807) is 0 Å². The van der Waals surface area contributed by atoms with Gasteiger partial charge in [-0.3, -0.25) is 0 Å². The average molecular weight is 224 g/mol. The summed E-state index contributed by atoms with van der Waals surface area (Å²) in [5, 5.41) is 7.09. The number of rotatable bonds is 4. The predicted molar refractivity (Wildman–Crippen MR) is 69.6 cm³/mol. The Hall–Kier alpha value is -0.0800. The first kappa shape index (κ1) is 12.4. The van der Waals surface area contributed by atoms with E-state index in [1.807, 2.05) is 0 Å². The minimum atomic E-state index is 0.812. The van der Waals surface area contributed by atoms with Gasteiger partial charge in [0.1, 0.15) is 0 Å². The standard InChI is InChI=1S/C14H28N2/c1-2-14-11-13(7-10-16-14)4-3-12-5-8-15-9-6-12/h12-16H,2-11H2,1H3. The normalized spacial score (nSPS) is 32.8.